The van der Waals surface area contributed by atoms with E-state index < -0.39 is 6.04 Å². The number of rotatable bonds is 11. The molecule has 0 radical (unpaired) electrons. The number of nitrogens with zero attached hydrogens (tertiary/aromatic N) is 6. The van der Waals surface area contributed by atoms with Crippen LogP contribution in [0.3, 0.4) is 0 Å². The highest BCUT2D eigenvalue weighted by Gasteiger charge is 2.31. The number of ether oxygens (including phenoxy) is 2. The monoisotopic (exact) mass is 539 g/mol. The molecule has 0 saturated heterocycles. The molecular weight excluding hydrogens is 506 g/mol. The molecule has 0 unspecified atom stereocenters. The fourth-order valence-corrected chi connectivity index (χ4v) is 4.97. The van der Waals surface area contributed by atoms with E-state index in [1.165, 1.54) is 0 Å². The Labute approximate surface area is 232 Å². The highest BCUT2D eigenvalue weighted by atomic mass is 16.5. The van der Waals surface area contributed by atoms with Crippen LogP contribution in [0.5, 0.6) is 5.75 Å². The van der Waals surface area contributed by atoms with Gasteiger partial charge in [-0.1, -0.05) is 30.3 Å². The molecular formula is C30H33N7O3. The predicted molar refractivity (Wildman–Crippen MR) is 152 cm³/mol. The highest BCUT2D eigenvalue weighted by Crippen LogP contribution is 2.31. The lowest BCUT2D eigenvalue weighted by atomic mass is 9.98. The summed E-state index contributed by atoms with van der Waals surface area (Å²) in [4.78, 5) is 23.5. The van der Waals surface area contributed by atoms with Crippen molar-refractivity contribution < 1.29 is 9.47 Å². The lowest BCUT2D eigenvalue weighted by Gasteiger charge is -2.31. The van der Waals surface area contributed by atoms with Crippen LogP contribution in [0.25, 0.3) is 10.9 Å². The third-order valence-electron chi connectivity index (χ3n) is 7.10. The highest BCUT2D eigenvalue weighted by molar-refractivity contribution is 5.85. The second-order valence-corrected chi connectivity index (χ2v) is 9.81. The summed E-state index contributed by atoms with van der Waals surface area (Å²) in [5.74, 6) is 1.34. The van der Waals surface area contributed by atoms with Crippen LogP contribution in [0.4, 0.5) is 0 Å². The molecule has 1 N–H and O–H groups in total. The molecule has 0 aliphatic rings. The van der Waals surface area contributed by atoms with Gasteiger partial charge in [-0.3, -0.25) is 14.7 Å². The zero-order chi connectivity index (χ0) is 28.1. The molecule has 0 fully saturated rings. The van der Waals surface area contributed by atoms with Crippen LogP contribution >= 0.6 is 0 Å². The van der Waals surface area contributed by atoms with E-state index in [2.05, 4.69) is 36.5 Å². The molecule has 2 aromatic carbocycles. The van der Waals surface area contributed by atoms with Crippen molar-refractivity contribution in [2.24, 2.45) is 0 Å². The summed E-state index contributed by atoms with van der Waals surface area (Å²) in [6.45, 7) is 5.95. The summed E-state index contributed by atoms with van der Waals surface area (Å²) >= 11 is 0. The topological polar surface area (TPSA) is 111 Å². The Morgan fingerprint density at radius 2 is 1.77 bits per heavy atom. The van der Waals surface area contributed by atoms with Gasteiger partial charge in [-0.2, -0.15) is 0 Å². The zero-order valence-corrected chi connectivity index (χ0v) is 23.2. The lowest BCUT2D eigenvalue weighted by Crippen LogP contribution is -2.35. The van der Waals surface area contributed by atoms with Gasteiger partial charge in [0.15, 0.2) is 5.82 Å². The minimum absolute atomic E-state index is 0.182. The zero-order valence-electron chi connectivity index (χ0n) is 23.2. The van der Waals surface area contributed by atoms with Crippen LogP contribution < -0.4 is 10.3 Å². The van der Waals surface area contributed by atoms with Crippen molar-refractivity contribution in [3.63, 3.8) is 0 Å². The first-order chi connectivity index (χ1) is 19.5. The van der Waals surface area contributed by atoms with E-state index in [1.54, 1.807) is 25.1 Å². The van der Waals surface area contributed by atoms with Crippen molar-refractivity contribution in [1.82, 2.24) is 35.1 Å². The van der Waals surface area contributed by atoms with Gasteiger partial charge in [0.1, 0.15) is 11.8 Å². The minimum atomic E-state index is -0.567. The number of methoxy groups -OCH3 is 2. The molecule has 0 spiro atoms. The van der Waals surface area contributed by atoms with E-state index in [-0.39, 0.29) is 5.56 Å². The first kappa shape index (κ1) is 27.2. The van der Waals surface area contributed by atoms with Crippen LogP contribution in [-0.2, 0) is 24.4 Å². The van der Waals surface area contributed by atoms with Crippen molar-refractivity contribution in [3.8, 4) is 5.75 Å². The number of aromatic amines is 1. The van der Waals surface area contributed by atoms with Crippen molar-refractivity contribution >= 4 is 10.9 Å². The van der Waals surface area contributed by atoms with E-state index in [0.29, 0.717) is 37.6 Å². The van der Waals surface area contributed by atoms with Gasteiger partial charge in [0, 0.05) is 43.5 Å². The summed E-state index contributed by atoms with van der Waals surface area (Å²) < 4.78 is 12.4. The third kappa shape index (κ3) is 5.78. The molecule has 5 aromatic rings. The number of fused-ring (bicyclic) bond motifs is 1. The van der Waals surface area contributed by atoms with Crippen LogP contribution in [-0.4, -0.2) is 55.9 Å². The minimum Gasteiger partial charge on any atom is -0.497 e. The quantitative estimate of drug-likeness (QED) is 0.268. The second-order valence-electron chi connectivity index (χ2n) is 9.81. The summed E-state index contributed by atoms with van der Waals surface area (Å²) in [7, 11) is 3.29. The largest absolute Gasteiger partial charge is 0.497 e. The van der Waals surface area contributed by atoms with Gasteiger partial charge in [-0.25, -0.2) is 4.68 Å². The first-order valence-electron chi connectivity index (χ1n) is 13.1. The van der Waals surface area contributed by atoms with Gasteiger partial charge in [0.25, 0.3) is 5.56 Å². The van der Waals surface area contributed by atoms with Crippen LogP contribution in [0.2, 0.25) is 0 Å². The maximum Gasteiger partial charge on any atom is 0.253 e. The van der Waals surface area contributed by atoms with Crippen LogP contribution in [0.15, 0.2) is 71.8 Å². The average Bonchev–Trinajstić information content (AvgIpc) is 3.43. The predicted octanol–water partition coefficient (Wildman–Crippen LogP) is 3.97. The summed E-state index contributed by atoms with van der Waals surface area (Å²) in [6.07, 6.45) is 3.59. The molecule has 0 saturated carbocycles. The number of pyridine rings is 2. The number of hydrogen-bond acceptors (Lipinski definition) is 8. The van der Waals surface area contributed by atoms with E-state index in [1.807, 2.05) is 68.6 Å². The normalized spacial score (nSPS) is 12.2. The number of aromatic nitrogens is 6. The molecule has 1 atom stereocenters. The van der Waals surface area contributed by atoms with Crippen molar-refractivity contribution in [1.29, 1.82) is 0 Å². The third-order valence-corrected chi connectivity index (χ3v) is 7.10. The Hall–Kier alpha value is -4.41. The average molecular weight is 540 g/mol. The summed E-state index contributed by atoms with van der Waals surface area (Å²) in [6, 6.07) is 17.4. The molecule has 10 nitrogen and oxygen atoms in total. The molecule has 0 amide bonds. The van der Waals surface area contributed by atoms with Gasteiger partial charge >= 0.3 is 0 Å². The smallest absolute Gasteiger partial charge is 0.253 e. The Bertz CT molecular complexity index is 1630. The van der Waals surface area contributed by atoms with Gasteiger partial charge in [-0.15, -0.1) is 5.10 Å². The molecule has 40 heavy (non-hydrogen) atoms. The van der Waals surface area contributed by atoms with Crippen molar-refractivity contribution in [2.75, 3.05) is 20.8 Å². The molecule has 5 rings (SSSR count). The number of hydrogen-bond donors (Lipinski definition) is 1. The van der Waals surface area contributed by atoms with Gasteiger partial charge in [0.05, 0.1) is 25.8 Å². The number of H-pyrrole nitrogens is 1. The van der Waals surface area contributed by atoms with Crippen LogP contribution in [0.1, 0.15) is 39.7 Å². The summed E-state index contributed by atoms with van der Waals surface area (Å²) in [5, 5.41) is 13.7. The Balaban J connectivity index is 1.70. The first-order valence-corrected chi connectivity index (χ1v) is 13.1. The summed E-state index contributed by atoms with van der Waals surface area (Å²) in [5.41, 5.74) is 5.35. The fraction of sp³-hybridized carbons (Fsp3) is 0.300. The second kappa shape index (κ2) is 12.2. The molecule has 0 bridgehead atoms. The van der Waals surface area contributed by atoms with Gasteiger partial charge in [-0.05, 0) is 70.8 Å². The molecule has 206 valence electrons. The molecule has 10 heteroatoms. The molecule has 0 aliphatic heterocycles. The number of nitrogens with one attached hydrogen (secondary N) is 1. The number of aryl methyl sites for hydroxylation is 2. The van der Waals surface area contributed by atoms with E-state index in [0.717, 1.165) is 38.9 Å². The number of tetrazole rings is 1. The fourth-order valence-electron chi connectivity index (χ4n) is 4.97. The standard InChI is InChI=1S/C30H33N7O3/c1-20-7-8-21(2)27-25(20)16-26(30(38)32-27)28(29-33-34-35-37(29)14-15-39-3)36(19-23-6-5-13-31-17-23)18-22-9-11-24(40-4)12-10-22/h5-13,16-17,28H,14-15,18-19H2,1-4H3,(H,32,38)/t28-/m0/s1. The molecule has 3 heterocycles. The van der Waals surface area contributed by atoms with E-state index in [9.17, 15) is 4.79 Å². The molecule has 0 aliphatic carbocycles. The SMILES string of the molecule is COCCn1nnnc1[C@H](c1cc2c(C)ccc(C)c2[nH]c1=O)N(Cc1ccc(OC)cc1)Cc1cccnc1. The molecule has 3 aromatic heterocycles. The van der Waals surface area contributed by atoms with Crippen molar-refractivity contribution in [3.05, 3.63) is 111 Å². The van der Waals surface area contributed by atoms with Gasteiger partial charge in [0.2, 0.25) is 0 Å². The van der Waals surface area contributed by atoms with Crippen molar-refractivity contribution in [2.45, 2.75) is 39.5 Å². The number of benzene rings is 2. The van der Waals surface area contributed by atoms with Gasteiger partial charge < -0.3 is 14.5 Å². The maximum absolute atomic E-state index is 13.8. The van der Waals surface area contributed by atoms with E-state index in [4.69, 9.17) is 9.47 Å². The van der Waals surface area contributed by atoms with Crippen LogP contribution in [0, 0.1) is 13.8 Å². The van der Waals surface area contributed by atoms with E-state index >= 15 is 0 Å². The Kier molecular flexibility index (Phi) is 8.28. The maximum atomic E-state index is 13.8. The Morgan fingerprint density at radius 1 is 1.00 bits per heavy atom. The lowest BCUT2D eigenvalue weighted by molar-refractivity contribution is 0.169. The Morgan fingerprint density at radius 3 is 2.50 bits per heavy atom.